The molecule has 0 amide bonds. The van der Waals surface area contributed by atoms with Crippen LogP contribution in [0.5, 0.6) is 0 Å². The topological polar surface area (TPSA) is 13.1 Å². The highest BCUT2D eigenvalue weighted by Gasteiger charge is 2.38. The first-order valence-electron chi connectivity index (χ1n) is 21.0. The molecule has 0 fully saturated rings. The number of hydrogen-bond donors (Lipinski definition) is 0. The molecule has 60 heavy (non-hydrogen) atoms. The maximum absolute atomic E-state index is 7.10. The summed E-state index contributed by atoms with van der Waals surface area (Å²) >= 11 is 0. The Balaban J connectivity index is 1.04. The Morgan fingerprint density at radius 3 is 1.52 bits per heavy atom. The van der Waals surface area contributed by atoms with E-state index in [9.17, 15) is 0 Å². The van der Waals surface area contributed by atoms with Gasteiger partial charge in [-0.15, -0.1) is 0 Å². The number of furan rings is 1. The van der Waals surface area contributed by atoms with Crippen molar-refractivity contribution in [2.24, 2.45) is 0 Å². The predicted octanol–water partition coefficient (Wildman–Crippen LogP) is 16.7. The Labute approximate surface area is 347 Å². The third-order valence-corrected chi connectivity index (χ3v) is 13.6. The molecule has 0 N–H and O–H groups in total. The first-order chi connectivity index (χ1) is 29.5. The van der Waals surface area contributed by atoms with Gasteiger partial charge in [0.05, 0.1) is 0 Å². The van der Waals surface area contributed by atoms with Crippen molar-refractivity contribution in [1.82, 2.24) is 0 Å². The number of hydrogen-bond acceptors (Lipinski definition) is 1. The minimum absolute atomic E-state index is 0.157. The van der Waals surface area contributed by atoms with E-state index in [0.29, 0.717) is 0 Å². The Hall–Kier alpha value is -7.48. The van der Waals surface area contributed by atoms with Crippen LogP contribution in [0.3, 0.4) is 0 Å². The number of rotatable bonds is 3. The van der Waals surface area contributed by atoms with E-state index in [0.717, 1.165) is 21.9 Å². The van der Waals surface area contributed by atoms with Crippen LogP contribution in [0.15, 0.2) is 199 Å². The zero-order valence-electron chi connectivity index (χ0n) is 33.4. The largest absolute Gasteiger partial charge is 0.455 e. The van der Waals surface area contributed by atoms with Crippen molar-refractivity contribution in [3.05, 3.63) is 205 Å². The average Bonchev–Trinajstić information content (AvgIpc) is 3.79. The lowest BCUT2D eigenvalue weighted by Gasteiger charge is -2.22. The molecule has 0 aliphatic heterocycles. The summed E-state index contributed by atoms with van der Waals surface area (Å²) in [4.78, 5) is 0. The summed E-state index contributed by atoms with van der Waals surface area (Å²) in [5, 5.41) is 14.7. The second-order valence-corrected chi connectivity index (χ2v) is 17.1. The molecule has 1 aliphatic rings. The van der Waals surface area contributed by atoms with Crippen LogP contribution in [0.25, 0.3) is 120 Å². The molecule has 1 nitrogen and oxygen atoms in total. The van der Waals surface area contributed by atoms with E-state index in [1.54, 1.807) is 0 Å². The van der Waals surface area contributed by atoms with E-state index in [2.05, 4.69) is 208 Å². The van der Waals surface area contributed by atoms with Gasteiger partial charge in [-0.25, -0.2) is 0 Å². The normalized spacial score (nSPS) is 13.3. The van der Waals surface area contributed by atoms with Crippen molar-refractivity contribution in [2.45, 2.75) is 19.3 Å². The number of fused-ring (bicyclic) bond motifs is 12. The Bertz CT molecular complexity index is 3740. The first kappa shape index (κ1) is 33.5. The fourth-order valence-electron chi connectivity index (χ4n) is 10.8. The molecule has 0 saturated carbocycles. The molecule has 13 rings (SSSR count). The lowest BCUT2D eigenvalue weighted by molar-refractivity contribution is 0.659. The Kier molecular flexibility index (Phi) is 6.85. The minimum atomic E-state index is -0.157. The summed E-state index contributed by atoms with van der Waals surface area (Å²) in [6, 6.07) is 71.8. The predicted molar refractivity (Wildman–Crippen MR) is 255 cm³/mol. The van der Waals surface area contributed by atoms with Gasteiger partial charge in [-0.3, -0.25) is 0 Å². The minimum Gasteiger partial charge on any atom is -0.455 e. The quantitative estimate of drug-likeness (QED) is 0.163. The zero-order valence-corrected chi connectivity index (χ0v) is 33.4. The van der Waals surface area contributed by atoms with Crippen molar-refractivity contribution in [3.63, 3.8) is 0 Å². The van der Waals surface area contributed by atoms with E-state index in [1.165, 1.54) is 109 Å². The van der Waals surface area contributed by atoms with Gasteiger partial charge in [-0.1, -0.05) is 184 Å². The van der Waals surface area contributed by atoms with Gasteiger partial charge in [-0.2, -0.15) is 0 Å². The maximum Gasteiger partial charge on any atom is 0.143 e. The summed E-state index contributed by atoms with van der Waals surface area (Å²) < 4.78 is 7.10. The SMILES string of the molecule is CC1(C)c2ccccc2-c2c1cc1c(oc3c4ccccc4ccc13)c2-c1ccc2cc(-c3c4ccccc4c(-c4cccc5ccccc45)c4ccccc34)ccc2c1. The van der Waals surface area contributed by atoms with Crippen LogP contribution < -0.4 is 0 Å². The molecule has 12 aromatic rings. The van der Waals surface area contributed by atoms with Crippen LogP contribution in [0, 0.1) is 0 Å². The smallest absolute Gasteiger partial charge is 0.143 e. The second kappa shape index (κ2) is 12.3. The van der Waals surface area contributed by atoms with Crippen LogP contribution in [0.4, 0.5) is 0 Å². The number of benzene rings is 11. The van der Waals surface area contributed by atoms with E-state index < -0.39 is 0 Å². The molecule has 0 unspecified atom stereocenters. The van der Waals surface area contributed by atoms with Crippen molar-refractivity contribution in [2.75, 3.05) is 0 Å². The maximum atomic E-state index is 7.10. The summed E-state index contributed by atoms with van der Waals surface area (Å²) in [6.45, 7) is 4.74. The van der Waals surface area contributed by atoms with Crippen molar-refractivity contribution in [3.8, 4) is 44.5 Å². The third-order valence-electron chi connectivity index (χ3n) is 13.6. The van der Waals surface area contributed by atoms with Crippen LogP contribution >= 0.6 is 0 Å². The van der Waals surface area contributed by atoms with Gasteiger partial charge in [0.15, 0.2) is 0 Å². The molecule has 0 radical (unpaired) electrons. The van der Waals surface area contributed by atoms with E-state index in [4.69, 9.17) is 4.42 Å². The van der Waals surface area contributed by atoms with Crippen LogP contribution in [0.1, 0.15) is 25.0 Å². The fourth-order valence-corrected chi connectivity index (χ4v) is 10.8. The van der Waals surface area contributed by atoms with Gasteiger partial charge in [0, 0.05) is 27.1 Å². The van der Waals surface area contributed by atoms with Crippen molar-refractivity contribution >= 4 is 75.8 Å². The van der Waals surface area contributed by atoms with Crippen LogP contribution in [-0.2, 0) is 5.41 Å². The molecule has 1 heteroatoms. The lowest BCUT2D eigenvalue weighted by Crippen LogP contribution is -2.14. The molecular weight excluding hydrogens is 725 g/mol. The molecule has 0 saturated heterocycles. The standard InChI is InChI=1S/C59H38O/c1-59(2)51-25-12-11-23-49(51)56-52(59)34-50-48-31-30-36-15-4-6-18-42(36)57(48)60-58(50)54(56)40-29-27-37-32-39(28-26-38(37)33-40)53-44-19-7-9-21-46(44)55(47-22-10-8-20-45(47)53)43-24-13-16-35-14-3-5-17-41(35)43/h3-34H,1-2H3. The summed E-state index contributed by atoms with van der Waals surface area (Å²) in [7, 11) is 0. The molecule has 0 spiro atoms. The van der Waals surface area contributed by atoms with Gasteiger partial charge in [0.2, 0.25) is 0 Å². The van der Waals surface area contributed by atoms with Gasteiger partial charge in [-0.05, 0) is 123 Å². The third kappa shape index (κ3) is 4.58. The lowest BCUT2D eigenvalue weighted by atomic mass is 9.81. The van der Waals surface area contributed by atoms with Crippen LogP contribution in [0.2, 0.25) is 0 Å². The van der Waals surface area contributed by atoms with Gasteiger partial charge in [0.25, 0.3) is 0 Å². The highest BCUT2D eigenvalue weighted by Crippen LogP contribution is 2.56. The molecule has 1 aliphatic carbocycles. The Morgan fingerprint density at radius 2 is 0.817 bits per heavy atom. The summed E-state index contributed by atoms with van der Waals surface area (Å²) in [5.41, 5.74) is 14.4. The van der Waals surface area contributed by atoms with Gasteiger partial charge >= 0.3 is 0 Å². The molecule has 0 atom stereocenters. The van der Waals surface area contributed by atoms with Crippen LogP contribution in [-0.4, -0.2) is 0 Å². The molecule has 1 aromatic heterocycles. The highest BCUT2D eigenvalue weighted by atomic mass is 16.3. The first-order valence-corrected chi connectivity index (χ1v) is 21.0. The van der Waals surface area contributed by atoms with E-state index >= 15 is 0 Å². The molecule has 0 bridgehead atoms. The highest BCUT2D eigenvalue weighted by molar-refractivity contribution is 6.24. The second-order valence-electron chi connectivity index (χ2n) is 17.1. The fraction of sp³-hybridized carbons (Fsp3) is 0.0508. The zero-order chi connectivity index (χ0) is 39.7. The van der Waals surface area contributed by atoms with E-state index in [1.807, 2.05) is 0 Å². The van der Waals surface area contributed by atoms with E-state index in [-0.39, 0.29) is 5.41 Å². The molecular formula is C59H38O. The molecule has 11 aromatic carbocycles. The summed E-state index contributed by atoms with van der Waals surface area (Å²) in [6.07, 6.45) is 0. The summed E-state index contributed by atoms with van der Waals surface area (Å²) in [5.74, 6) is 0. The Morgan fingerprint density at radius 1 is 0.300 bits per heavy atom. The average molecular weight is 763 g/mol. The van der Waals surface area contributed by atoms with Crippen molar-refractivity contribution < 1.29 is 4.42 Å². The molecule has 1 heterocycles. The van der Waals surface area contributed by atoms with Crippen molar-refractivity contribution in [1.29, 1.82) is 0 Å². The van der Waals surface area contributed by atoms with Gasteiger partial charge in [0.1, 0.15) is 11.2 Å². The molecule has 280 valence electrons. The van der Waals surface area contributed by atoms with Gasteiger partial charge < -0.3 is 4.42 Å². The monoisotopic (exact) mass is 762 g/mol.